The molecule has 156 valence electrons. The Morgan fingerprint density at radius 3 is 2.62 bits per heavy atom. The highest BCUT2D eigenvalue weighted by atomic mass is 32.3. The molecule has 0 atom stereocenters. The topological polar surface area (TPSA) is 103 Å². The second kappa shape index (κ2) is 7.77. The summed E-state index contributed by atoms with van der Waals surface area (Å²) in [7, 11) is 1.66. The number of nitrogens with one attached hydrogen (secondary N) is 1. The number of benzene rings is 1. The lowest BCUT2D eigenvalue weighted by molar-refractivity contribution is 0.100. The monoisotopic (exact) mass is 433 g/mol. The van der Waals surface area contributed by atoms with Crippen molar-refractivity contribution < 1.29 is 13.9 Å². The van der Waals surface area contributed by atoms with E-state index in [-0.39, 0.29) is 5.92 Å². The Morgan fingerprint density at radius 1 is 1.24 bits per heavy atom. The van der Waals surface area contributed by atoms with Crippen LogP contribution in [0.25, 0.3) is 22.0 Å². The minimum absolute atomic E-state index is 0.242. The molecule has 2 aromatic heterocycles. The summed E-state index contributed by atoms with van der Waals surface area (Å²) in [5.41, 5.74) is 10.1. The normalized spacial score (nSPS) is 18.4. The Bertz CT molecular complexity index is 1040. The van der Waals surface area contributed by atoms with Gasteiger partial charge in [0.1, 0.15) is 0 Å². The number of hydrogen-bond acceptors (Lipinski definition) is 5. The summed E-state index contributed by atoms with van der Waals surface area (Å²) in [5, 5.41) is 3.12. The molecule has 0 saturated carbocycles. The molecular formula is C21H27N3O3S2. The van der Waals surface area contributed by atoms with Crippen LogP contribution in [0.1, 0.15) is 39.6 Å². The molecule has 4 rings (SSSR count). The van der Waals surface area contributed by atoms with Crippen LogP contribution in [0.3, 0.4) is 0 Å². The minimum atomic E-state index is -2.43. The van der Waals surface area contributed by atoms with Gasteiger partial charge < -0.3 is 15.6 Å². The minimum Gasteiger partial charge on any atom is -0.366 e. The second-order valence-electron chi connectivity index (χ2n) is 8.08. The summed E-state index contributed by atoms with van der Waals surface area (Å²) < 4.78 is 19.9. The van der Waals surface area contributed by atoms with Crippen LogP contribution in [0.15, 0.2) is 29.8 Å². The van der Waals surface area contributed by atoms with Crippen molar-refractivity contribution >= 4 is 38.7 Å². The third-order valence-electron chi connectivity index (χ3n) is 5.57. The number of primary amides is 1. The third-order valence-corrected chi connectivity index (χ3v) is 8.27. The van der Waals surface area contributed by atoms with E-state index in [9.17, 15) is 13.9 Å². The summed E-state index contributed by atoms with van der Waals surface area (Å²) in [6.45, 7) is 0.874. The zero-order chi connectivity index (χ0) is 20.8. The van der Waals surface area contributed by atoms with Crippen LogP contribution < -0.4 is 5.73 Å². The second-order valence-corrected chi connectivity index (χ2v) is 11.5. The van der Waals surface area contributed by atoms with E-state index in [4.69, 9.17) is 5.73 Å². The zero-order valence-electron chi connectivity index (χ0n) is 16.6. The maximum atomic E-state index is 12.2. The van der Waals surface area contributed by atoms with Gasteiger partial charge in [0.2, 0.25) is 0 Å². The van der Waals surface area contributed by atoms with Gasteiger partial charge in [-0.2, -0.15) is 10.6 Å². The number of nitrogens with two attached hydrogens (primary N) is 1. The lowest BCUT2D eigenvalue weighted by Gasteiger charge is -2.39. The number of H-pyrrole nitrogens is 1. The number of carbonyl (C=O) groups is 1. The summed E-state index contributed by atoms with van der Waals surface area (Å²) in [4.78, 5) is 18.8. The number of amides is 1. The molecule has 1 aliphatic rings. The molecule has 0 radical (unpaired) electrons. The van der Waals surface area contributed by atoms with Gasteiger partial charge in [0.05, 0.1) is 11.1 Å². The molecule has 0 bridgehead atoms. The van der Waals surface area contributed by atoms with E-state index in [0.29, 0.717) is 17.1 Å². The van der Waals surface area contributed by atoms with Crippen molar-refractivity contribution in [1.82, 2.24) is 9.88 Å². The predicted octanol–water partition coefficient (Wildman–Crippen LogP) is 4.68. The van der Waals surface area contributed by atoms with E-state index in [1.54, 1.807) is 11.3 Å². The zero-order valence-corrected chi connectivity index (χ0v) is 18.3. The van der Waals surface area contributed by atoms with Gasteiger partial charge in [0.25, 0.3) is 5.91 Å². The summed E-state index contributed by atoms with van der Waals surface area (Å²) >= 11 is 1.71. The van der Waals surface area contributed by atoms with Gasteiger partial charge in [-0.15, -0.1) is 11.3 Å². The molecule has 3 heterocycles. The van der Waals surface area contributed by atoms with Crippen molar-refractivity contribution in [2.75, 3.05) is 25.6 Å². The highest BCUT2D eigenvalue weighted by molar-refractivity contribution is 8.24. The number of thiophene rings is 1. The van der Waals surface area contributed by atoms with Crippen LogP contribution in [-0.4, -0.2) is 50.5 Å². The van der Waals surface area contributed by atoms with E-state index in [1.807, 2.05) is 26.4 Å². The maximum absolute atomic E-state index is 12.2. The van der Waals surface area contributed by atoms with Crippen molar-refractivity contribution in [3.05, 3.63) is 45.8 Å². The molecule has 5 N–H and O–H groups in total. The average molecular weight is 434 g/mol. The molecule has 1 aromatic carbocycles. The lowest BCUT2D eigenvalue weighted by atomic mass is 9.91. The molecule has 3 aromatic rings. The van der Waals surface area contributed by atoms with Crippen molar-refractivity contribution in [1.29, 1.82) is 0 Å². The van der Waals surface area contributed by atoms with Crippen molar-refractivity contribution in [2.45, 2.75) is 25.3 Å². The SMILES string of the molecule is CN(C)Cc1cc(-c2cc(C(N)=O)c3[nH]cc(C4CCS(O)(O)CC4)c3c2)cs1. The fourth-order valence-electron chi connectivity index (χ4n) is 4.10. The van der Waals surface area contributed by atoms with E-state index in [2.05, 4.69) is 27.4 Å². The Balaban J connectivity index is 1.76. The molecule has 1 amide bonds. The summed E-state index contributed by atoms with van der Waals surface area (Å²) in [6.07, 6.45) is 3.42. The number of rotatable bonds is 5. The van der Waals surface area contributed by atoms with Gasteiger partial charge >= 0.3 is 0 Å². The first-order chi connectivity index (χ1) is 13.7. The highest BCUT2D eigenvalue weighted by Gasteiger charge is 2.27. The lowest BCUT2D eigenvalue weighted by Crippen LogP contribution is -2.19. The Morgan fingerprint density at radius 2 is 1.97 bits per heavy atom. The van der Waals surface area contributed by atoms with Crippen LogP contribution in [0, 0.1) is 0 Å². The fourth-order valence-corrected chi connectivity index (χ4v) is 6.64. The largest absolute Gasteiger partial charge is 0.366 e. The van der Waals surface area contributed by atoms with Gasteiger partial charge in [-0.05, 0) is 73.1 Å². The molecule has 6 nitrogen and oxygen atoms in total. The van der Waals surface area contributed by atoms with Crippen LogP contribution >= 0.6 is 21.9 Å². The maximum Gasteiger partial charge on any atom is 0.250 e. The Kier molecular flexibility index (Phi) is 5.48. The van der Waals surface area contributed by atoms with E-state index < -0.39 is 16.5 Å². The first-order valence-corrected chi connectivity index (χ1v) is 12.4. The average Bonchev–Trinajstić information content (AvgIpc) is 3.27. The van der Waals surface area contributed by atoms with Crippen molar-refractivity contribution in [3.8, 4) is 11.1 Å². The number of aromatic amines is 1. The quantitative estimate of drug-likeness (QED) is 0.469. The number of nitrogens with zero attached hydrogens (tertiary/aromatic N) is 1. The molecule has 29 heavy (non-hydrogen) atoms. The summed E-state index contributed by atoms with van der Waals surface area (Å²) in [5.74, 6) is 0.661. The predicted molar refractivity (Wildman–Crippen MR) is 122 cm³/mol. The molecule has 1 saturated heterocycles. The molecule has 1 fully saturated rings. The van der Waals surface area contributed by atoms with Crippen LogP contribution in [0.4, 0.5) is 0 Å². The Labute approximate surface area is 176 Å². The molecule has 0 spiro atoms. The number of carbonyl (C=O) groups excluding carboxylic acids is 1. The smallest absolute Gasteiger partial charge is 0.250 e. The first-order valence-electron chi connectivity index (χ1n) is 9.64. The summed E-state index contributed by atoms with van der Waals surface area (Å²) in [6, 6.07) is 6.16. The third kappa shape index (κ3) is 4.22. The van der Waals surface area contributed by atoms with Crippen LogP contribution in [-0.2, 0) is 6.54 Å². The number of fused-ring (bicyclic) bond motifs is 1. The highest BCUT2D eigenvalue weighted by Crippen LogP contribution is 2.49. The molecule has 0 aliphatic carbocycles. The number of hydrogen-bond donors (Lipinski definition) is 4. The Hall–Kier alpha value is -1.84. The molecular weight excluding hydrogens is 406 g/mol. The van der Waals surface area contributed by atoms with Gasteiger partial charge in [0.15, 0.2) is 0 Å². The molecule has 0 unspecified atom stereocenters. The van der Waals surface area contributed by atoms with Gasteiger partial charge in [-0.1, -0.05) is 0 Å². The standard InChI is InChI=1S/C21H27N3O3S2/c1-24(2)11-16-7-15(12-28-16)14-8-17-19(13-3-5-29(26,27)6-4-13)10-23-20(17)18(9-14)21(22)25/h7-10,12-13,23,26-27H,3-6,11H2,1-2H3,(H2,22,25). The number of aromatic nitrogens is 1. The first kappa shape index (κ1) is 20.4. The van der Waals surface area contributed by atoms with E-state index in [0.717, 1.165) is 47.0 Å². The molecule has 8 heteroatoms. The fraction of sp³-hybridized carbons (Fsp3) is 0.381. The van der Waals surface area contributed by atoms with E-state index in [1.165, 1.54) is 4.88 Å². The van der Waals surface area contributed by atoms with Crippen LogP contribution in [0.5, 0.6) is 0 Å². The van der Waals surface area contributed by atoms with Gasteiger partial charge in [-0.3, -0.25) is 13.9 Å². The van der Waals surface area contributed by atoms with Crippen molar-refractivity contribution in [2.24, 2.45) is 5.73 Å². The molecule has 1 aliphatic heterocycles. The van der Waals surface area contributed by atoms with Crippen LogP contribution in [0.2, 0.25) is 0 Å². The van der Waals surface area contributed by atoms with Gasteiger partial charge in [-0.25, -0.2) is 0 Å². The van der Waals surface area contributed by atoms with Crippen molar-refractivity contribution in [3.63, 3.8) is 0 Å². The van der Waals surface area contributed by atoms with E-state index >= 15 is 0 Å². The van der Waals surface area contributed by atoms with Gasteiger partial charge in [0, 0.05) is 34.5 Å².